The molecule has 1 rings (SSSR count). The van der Waals surface area contributed by atoms with Crippen LogP contribution >= 0.6 is 28.3 Å². The normalized spacial score (nSPS) is 10.8. The monoisotopic (exact) mass is 313 g/mol. The van der Waals surface area contributed by atoms with Crippen LogP contribution in [0.15, 0.2) is 33.6 Å². The summed E-state index contributed by atoms with van der Waals surface area (Å²) in [4.78, 5) is 0.356. The third kappa shape index (κ3) is 4.51. The van der Waals surface area contributed by atoms with E-state index in [0.717, 1.165) is 4.47 Å². The van der Waals surface area contributed by atoms with E-state index in [1.54, 1.807) is 24.3 Å². The van der Waals surface area contributed by atoms with Gasteiger partial charge in [0.1, 0.15) is 0 Å². The number of hydrogen-bond donors (Lipinski definition) is 1. The molecule has 0 saturated carbocycles. The molecule has 0 aliphatic rings. The predicted octanol–water partition coefficient (Wildman–Crippen LogP) is 1.99. The van der Waals surface area contributed by atoms with Crippen LogP contribution in [-0.4, -0.2) is 20.7 Å². The van der Waals surface area contributed by atoms with Gasteiger partial charge in [-0.25, -0.2) is 8.42 Å². The number of nitrogens with two attached hydrogens (primary N) is 1. The molecule has 1 aromatic carbocycles. The van der Waals surface area contributed by atoms with E-state index in [9.17, 15) is 8.42 Å². The zero-order chi connectivity index (χ0) is 10.6. The average molecular weight is 315 g/mol. The van der Waals surface area contributed by atoms with E-state index in [-0.39, 0.29) is 18.2 Å². The number of halogens is 2. The van der Waals surface area contributed by atoms with E-state index in [4.69, 9.17) is 5.73 Å². The Morgan fingerprint density at radius 1 is 1.20 bits per heavy atom. The summed E-state index contributed by atoms with van der Waals surface area (Å²) in [5, 5.41) is 0. The van der Waals surface area contributed by atoms with E-state index in [0.29, 0.717) is 17.9 Å². The minimum atomic E-state index is -3.14. The number of hydrogen-bond acceptors (Lipinski definition) is 3. The molecule has 0 aliphatic heterocycles. The smallest absolute Gasteiger partial charge is 0.178 e. The Balaban J connectivity index is 0.00000196. The first kappa shape index (κ1) is 14.9. The molecule has 3 nitrogen and oxygen atoms in total. The fourth-order valence-electron chi connectivity index (χ4n) is 1.03. The zero-order valence-corrected chi connectivity index (χ0v) is 11.2. The van der Waals surface area contributed by atoms with Crippen molar-refractivity contribution >= 4 is 38.2 Å². The minimum absolute atomic E-state index is 0. The maximum atomic E-state index is 11.6. The second kappa shape index (κ2) is 6.48. The van der Waals surface area contributed by atoms with Gasteiger partial charge < -0.3 is 5.73 Å². The van der Waals surface area contributed by atoms with E-state index in [1.807, 2.05) is 0 Å². The molecule has 0 atom stereocenters. The number of benzene rings is 1. The van der Waals surface area contributed by atoms with Crippen molar-refractivity contribution in [3.05, 3.63) is 28.7 Å². The van der Waals surface area contributed by atoms with Crippen molar-refractivity contribution in [3.8, 4) is 0 Å². The molecule has 0 aromatic heterocycles. The highest BCUT2D eigenvalue weighted by Gasteiger charge is 2.12. The number of sulfone groups is 1. The van der Waals surface area contributed by atoms with Gasteiger partial charge in [0, 0.05) is 4.47 Å². The summed E-state index contributed by atoms with van der Waals surface area (Å²) in [5.74, 6) is 0.116. The molecule has 2 N–H and O–H groups in total. The average Bonchev–Trinajstić information content (AvgIpc) is 2.16. The van der Waals surface area contributed by atoms with Gasteiger partial charge in [-0.2, -0.15) is 0 Å². The Kier molecular flexibility index (Phi) is 6.43. The Morgan fingerprint density at radius 3 is 2.20 bits per heavy atom. The van der Waals surface area contributed by atoms with Crippen LogP contribution in [0.4, 0.5) is 0 Å². The summed E-state index contributed by atoms with van der Waals surface area (Å²) < 4.78 is 24.1. The summed E-state index contributed by atoms with van der Waals surface area (Å²) in [5.41, 5.74) is 5.27. The lowest BCUT2D eigenvalue weighted by atomic mass is 10.4. The molecule has 1 aromatic rings. The van der Waals surface area contributed by atoms with Crippen molar-refractivity contribution in [1.82, 2.24) is 0 Å². The van der Waals surface area contributed by atoms with Gasteiger partial charge in [-0.15, -0.1) is 12.4 Å². The molecular formula is C9H13BrClNO2S. The standard InChI is InChI=1S/C9H12BrNO2S.ClH/c10-8-2-4-9(5-3-8)14(12,13)7-1-6-11;/h2-5H,1,6-7,11H2;1H. The lowest BCUT2D eigenvalue weighted by Gasteiger charge is -2.02. The molecule has 0 unspecified atom stereocenters. The molecular weight excluding hydrogens is 302 g/mol. The predicted molar refractivity (Wildman–Crippen MR) is 67.1 cm³/mol. The van der Waals surface area contributed by atoms with Crippen molar-refractivity contribution in [1.29, 1.82) is 0 Å². The first-order chi connectivity index (χ1) is 6.56. The molecule has 0 bridgehead atoms. The van der Waals surface area contributed by atoms with E-state index in [2.05, 4.69) is 15.9 Å². The summed E-state index contributed by atoms with van der Waals surface area (Å²) in [7, 11) is -3.14. The second-order valence-corrected chi connectivity index (χ2v) is 5.94. The summed E-state index contributed by atoms with van der Waals surface area (Å²) in [6, 6.07) is 6.62. The third-order valence-corrected chi connectivity index (χ3v) is 4.14. The largest absolute Gasteiger partial charge is 0.330 e. The van der Waals surface area contributed by atoms with Crippen molar-refractivity contribution in [3.63, 3.8) is 0 Å². The fraction of sp³-hybridized carbons (Fsp3) is 0.333. The molecule has 0 amide bonds. The first-order valence-corrected chi connectivity index (χ1v) is 6.69. The summed E-state index contributed by atoms with van der Waals surface area (Å²) in [6.07, 6.45) is 0.498. The van der Waals surface area contributed by atoms with Gasteiger partial charge >= 0.3 is 0 Å². The Bertz CT molecular complexity index is 391. The van der Waals surface area contributed by atoms with Crippen molar-refractivity contribution in [2.24, 2.45) is 5.73 Å². The first-order valence-electron chi connectivity index (χ1n) is 4.24. The van der Waals surface area contributed by atoms with Crippen LogP contribution in [0.3, 0.4) is 0 Å². The van der Waals surface area contributed by atoms with E-state index >= 15 is 0 Å². The molecule has 6 heteroatoms. The molecule has 0 spiro atoms. The number of rotatable bonds is 4. The molecule has 0 saturated heterocycles. The molecule has 15 heavy (non-hydrogen) atoms. The molecule has 0 radical (unpaired) electrons. The van der Waals surface area contributed by atoms with E-state index < -0.39 is 9.84 Å². The van der Waals surface area contributed by atoms with Crippen LogP contribution < -0.4 is 5.73 Å². The van der Waals surface area contributed by atoms with Crippen LogP contribution in [-0.2, 0) is 9.84 Å². The van der Waals surface area contributed by atoms with Crippen LogP contribution in [0.25, 0.3) is 0 Å². The fourth-order valence-corrected chi connectivity index (χ4v) is 2.63. The quantitative estimate of drug-likeness (QED) is 0.924. The molecule has 0 aliphatic carbocycles. The SMILES string of the molecule is Cl.NCCCS(=O)(=O)c1ccc(Br)cc1. The maximum absolute atomic E-state index is 11.6. The highest BCUT2D eigenvalue weighted by Crippen LogP contribution is 2.16. The Morgan fingerprint density at radius 2 is 1.73 bits per heavy atom. The summed E-state index contributed by atoms with van der Waals surface area (Å²) >= 11 is 3.25. The van der Waals surface area contributed by atoms with Crippen LogP contribution in [0.5, 0.6) is 0 Å². The lowest BCUT2D eigenvalue weighted by molar-refractivity contribution is 0.593. The van der Waals surface area contributed by atoms with Gasteiger partial charge in [-0.05, 0) is 37.2 Å². The highest BCUT2D eigenvalue weighted by atomic mass is 79.9. The van der Waals surface area contributed by atoms with Crippen molar-refractivity contribution in [2.45, 2.75) is 11.3 Å². The van der Waals surface area contributed by atoms with Crippen molar-refractivity contribution < 1.29 is 8.42 Å². The van der Waals surface area contributed by atoms with Gasteiger partial charge in [0.25, 0.3) is 0 Å². The van der Waals surface area contributed by atoms with Crippen LogP contribution in [0.2, 0.25) is 0 Å². The van der Waals surface area contributed by atoms with Gasteiger partial charge in [0.2, 0.25) is 0 Å². The maximum Gasteiger partial charge on any atom is 0.178 e. The van der Waals surface area contributed by atoms with Crippen LogP contribution in [0.1, 0.15) is 6.42 Å². The van der Waals surface area contributed by atoms with Crippen LogP contribution in [0, 0.1) is 0 Å². The summed E-state index contributed by atoms with van der Waals surface area (Å²) in [6.45, 7) is 0.399. The lowest BCUT2D eigenvalue weighted by Crippen LogP contribution is -2.11. The van der Waals surface area contributed by atoms with E-state index in [1.165, 1.54) is 0 Å². The van der Waals surface area contributed by atoms with Crippen molar-refractivity contribution in [2.75, 3.05) is 12.3 Å². The molecule has 86 valence electrons. The van der Waals surface area contributed by atoms with Gasteiger partial charge in [0.15, 0.2) is 9.84 Å². The topological polar surface area (TPSA) is 60.2 Å². The highest BCUT2D eigenvalue weighted by molar-refractivity contribution is 9.10. The van der Waals surface area contributed by atoms with Gasteiger partial charge in [-0.3, -0.25) is 0 Å². The molecule has 0 fully saturated rings. The minimum Gasteiger partial charge on any atom is -0.330 e. The zero-order valence-electron chi connectivity index (χ0n) is 8.02. The Hall–Kier alpha value is -0.100. The van der Waals surface area contributed by atoms with Gasteiger partial charge in [-0.1, -0.05) is 15.9 Å². The van der Waals surface area contributed by atoms with Gasteiger partial charge in [0.05, 0.1) is 10.6 Å². The second-order valence-electron chi connectivity index (χ2n) is 2.92. The third-order valence-electron chi connectivity index (χ3n) is 1.79. The Labute approximate surface area is 105 Å². The molecule has 0 heterocycles.